The molecule has 0 unspecified atom stereocenters. The fraction of sp³-hybridized carbons (Fsp3) is 0.375. The first-order chi connectivity index (χ1) is 15.2. The van der Waals surface area contributed by atoms with Gasteiger partial charge in [0.2, 0.25) is 0 Å². The summed E-state index contributed by atoms with van der Waals surface area (Å²) in [5.74, 6) is 2.56. The molecule has 0 spiro atoms. The van der Waals surface area contributed by atoms with Crippen molar-refractivity contribution in [3.05, 3.63) is 71.9 Å². The first-order valence-corrected chi connectivity index (χ1v) is 10.7. The highest BCUT2D eigenvalue weighted by molar-refractivity contribution is 5.94. The van der Waals surface area contributed by atoms with E-state index < -0.39 is 0 Å². The number of aryl methyl sites for hydroxylation is 1. The molecular weight excluding hydrogens is 392 g/mol. The summed E-state index contributed by atoms with van der Waals surface area (Å²) in [6.07, 6.45) is 6.43. The quantitative estimate of drug-likeness (QED) is 0.518. The minimum atomic E-state index is -0.0290. The molecule has 3 heterocycles. The van der Waals surface area contributed by atoms with Crippen LogP contribution < -0.4 is 4.74 Å². The Labute approximate surface area is 182 Å². The normalized spacial score (nSPS) is 15.9. The lowest BCUT2D eigenvalue weighted by atomic mass is 10.1. The Morgan fingerprint density at radius 1 is 1.16 bits per heavy atom. The zero-order chi connectivity index (χ0) is 21.6. The number of amides is 1. The molecule has 1 aliphatic rings. The van der Waals surface area contributed by atoms with E-state index in [1.165, 1.54) is 0 Å². The van der Waals surface area contributed by atoms with Crippen LogP contribution in [0.3, 0.4) is 0 Å². The molecule has 7 heteroatoms. The molecule has 0 saturated carbocycles. The topological polar surface area (TPSA) is 69.5 Å². The van der Waals surface area contributed by atoms with Crippen molar-refractivity contribution in [2.75, 3.05) is 26.9 Å². The minimum absolute atomic E-state index is 0.0232. The monoisotopic (exact) mass is 420 g/mol. The second-order valence-electron chi connectivity index (χ2n) is 7.51. The van der Waals surface area contributed by atoms with Crippen molar-refractivity contribution >= 4 is 5.91 Å². The summed E-state index contributed by atoms with van der Waals surface area (Å²) in [7, 11) is 1.64. The maximum absolute atomic E-state index is 13.2. The molecule has 1 saturated heterocycles. The van der Waals surface area contributed by atoms with Crippen LogP contribution in [-0.4, -0.2) is 52.2 Å². The highest BCUT2D eigenvalue weighted by atomic mass is 16.5. The van der Waals surface area contributed by atoms with Gasteiger partial charge in [0.15, 0.2) is 0 Å². The van der Waals surface area contributed by atoms with E-state index in [1.54, 1.807) is 13.3 Å². The number of aromatic nitrogens is 3. The SMILES string of the molecule is CCc1nccn1-c1cccc([C@H]2CCCN2C(=O)c2ccc(OCCOC)cc2)n1. The number of carbonyl (C=O) groups is 1. The van der Waals surface area contributed by atoms with Crippen LogP contribution in [0, 0.1) is 0 Å². The summed E-state index contributed by atoms with van der Waals surface area (Å²) in [4.78, 5) is 24.4. The zero-order valence-corrected chi connectivity index (χ0v) is 18.0. The van der Waals surface area contributed by atoms with Crippen LogP contribution in [0.4, 0.5) is 0 Å². The third kappa shape index (κ3) is 4.61. The average molecular weight is 421 g/mol. The van der Waals surface area contributed by atoms with Gasteiger partial charge in [0.25, 0.3) is 5.91 Å². The smallest absolute Gasteiger partial charge is 0.254 e. The Hall–Kier alpha value is -3.19. The molecule has 0 bridgehead atoms. The van der Waals surface area contributed by atoms with Crippen LogP contribution in [0.2, 0.25) is 0 Å². The molecule has 31 heavy (non-hydrogen) atoms. The lowest BCUT2D eigenvalue weighted by Gasteiger charge is -2.25. The van der Waals surface area contributed by atoms with E-state index in [4.69, 9.17) is 14.5 Å². The Balaban J connectivity index is 1.51. The molecule has 4 rings (SSSR count). The second-order valence-corrected chi connectivity index (χ2v) is 7.51. The number of benzene rings is 1. The highest BCUT2D eigenvalue weighted by Gasteiger charge is 2.31. The molecule has 162 valence electrons. The van der Waals surface area contributed by atoms with Gasteiger partial charge in [0.05, 0.1) is 18.3 Å². The fourth-order valence-electron chi connectivity index (χ4n) is 3.98. The number of hydrogen-bond acceptors (Lipinski definition) is 5. The van der Waals surface area contributed by atoms with Crippen LogP contribution in [0.25, 0.3) is 5.82 Å². The van der Waals surface area contributed by atoms with E-state index in [0.29, 0.717) is 18.8 Å². The predicted octanol–water partition coefficient (Wildman–Crippen LogP) is 3.83. The summed E-state index contributed by atoms with van der Waals surface area (Å²) in [6, 6.07) is 13.3. The number of methoxy groups -OCH3 is 1. The van der Waals surface area contributed by atoms with Gasteiger partial charge >= 0.3 is 0 Å². The summed E-state index contributed by atoms with van der Waals surface area (Å²) in [5, 5.41) is 0. The molecule has 7 nitrogen and oxygen atoms in total. The standard InChI is InChI=1S/C24H28N4O3/c1-3-22-25-13-15-28(22)23-8-4-6-20(26-23)21-7-5-14-27(21)24(29)18-9-11-19(12-10-18)31-17-16-30-2/h4,6,8-13,15,21H,3,5,7,14,16-17H2,1-2H3/t21-/m1/s1. The summed E-state index contributed by atoms with van der Waals surface area (Å²) >= 11 is 0. The van der Waals surface area contributed by atoms with Gasteiger partial charge in [-0.05, 0) is 49.2 Å². The van der Waals surface area contributed by atoms with Crippen molar-refractivity contribution in [3.63, 3.8) is 0 Å². The van der Waals surface area contributed by atoms with Gasteiger partial charge < -0.3 is 14.4 Å². The minimum Gasteiger partial charge on any atom is -0.491 e. The van der Waals surface area contributed by atoms with E-state index in [-0.39, 0.29) is 11.9 Å². The van der Waals surface area contributed by atoms with Gasteiger partial charge in [-0.1, -0.05) is 13.0 Å². The fourth-order valence-corrected chi connectivity index (χ4v) is 3.98. The van der Waals surface area contributed by atoms with Crippen molar-refractivity contribution in [1.29, 1.82) is 0 Å². The number of carbonyl (C=O) groups excluding carboxylic acids is 1. The van der Waals surface area contributed by atoms with E-state index in [2.05, 4.69) is 11.9 Å². The molecule has 1 amide bonds. The number of imidazole rings is 1. The first-order valence-electron chi connectivity index (χ1n) is 10.7. The molecule has 2 aromatic heterocycles. The number of nitrogens with zero attached hydrogens (tertiary/aromatic N) is 4. The predicted molar refractivity (Wildman–Crippen MR) is 118 cm³/mol. The van der Waals surface area contributed by atoms with Gasteiger partial charge in [-0.3, -0.25) is 9.36 Å². The second kappa shape index (κ2) is 9.75. The van der Waals surface area contributed by atoms with Crippen molar-refractivity contribution in [3.8, 4) is 11.6 Å². The molecular formula is C24H28N4O3. The summed E-state index contributed by atoms with van der Waals surface area (Å²) in [6.45, 7) is 3.82. The maximum Gasteiger partial charge on any atom is 0.254 e. The number of pyridine rings is 1. The Bertz CT molecular complexity index is 1020. The molecule has 1 atom stereocenters. The lowest BCUT2D eigenvalue weighted by Crippen LogP contribution is -2.31. The molecule has 1 aliphatic heterocycles. The Morgan fingerprint density at radius 2 is 2.00 bits per heavy atom. The third-order valence-electron chi connectivity index (χ3n) is 5.55. The van der Waals surface area contributed by atoms with Crippen LogP contribution >= 0.6 is 0 Å². The lowest BCUT2D eigenvalue weighted by molar-refractivity contribution is 0.0733. The van der Waals surface area contributed by atoms with Gasteiger partial charge in [-0.15, -0.1) is 0 Å². The van der Waals surface area contributed by atoms with E-state index in [9.17, 15) is 4.79 Å². The van der Waals surface area contributed by atoms with Crippen LogP contribution in [0.5, 0.6) is 5.75 Å². The van der Waals surface area contributed by atoms with Gasteiger partial charge in [-0.25, -0.2) is 9.97 Å². The Kier molecular flexibility index (Phi) is 6.62. The molecule has 3 aromatic rings. The molecule has 1 aromatic carbocycles. The largest absolute Gasteiger partial charge is 0.491 e. The first kappa shape index (κ1) is 21.1. The van der Waals surface area contributed by atoms with Crippen molar-refractivity contribution in [2.24, 2.45) is 0 Å². The molecule has 0 aliphatic carbocycles. The van der Waals surface area contributed by atoms with E-state index in [1.807, 2.05) is 58.1 Å². The number of hydrogen-bond donors (Lipinski definition) is 0. The number of likely N-dealkylation sites (tertiary alicyclic amines) is 1. The molecule has 0 radical (unpaired) electrons. The average Bonchev–Trinajstić information content (AvgIpc) is 3.49. The van der Waals surface area contributed by atoms with Crippen molar-refractivity contribution < 1.29 is 14.3 Å². The van der Waals surface area contributed by atoms with Gasteiger partial charge in [-0.2, -0.15) is 0 Å². The maximum atomic E-state index is 13.2. The van der Waals surface area contributed by atoms with Crippen molar-refractivity contribution in [1.82, 2.24) is 19.4 Å². The third-order valence-corrected chi connectivity index (χ3v) is 5.55. The van der Waals surface area contributed by atoms with Gasteiger partial charge in [0, 0.05) is 38.0 Å². The Morgan fingerprint density at radius 3 is 2.77 bits per heavy atom. The van der Waals surface area contributed by atoms with Crippen LogP contribution in [0.1, 0.15) is 47.7 Å². The summed E-state index contributed by atoms with van der Waals surface area (Å²) in [5.41, 5.74) is 1.57. The van der Waals surface area contributed by atoms with Gasteiger partial charge in [0.1, 0.15) is 24.0 Å². The van der Waals surface area contributed by atoms with E-state index in [0.717, 1.165) is 48.9 Å². The number of ether oxygens (including phenoxy) is 2. The zero-order valence-electron chi connectivity index (χ0n) is 18.0. The molecule has 0 N–H and O–H groups in total. The van der Waals surface area contributed by atoms with Crippen molar-refractivity contribution in [2.45, 2.75) is 32.2 Å². The summed E-state index contributed by atoms with van der Waals surface area (Å²) < 4.78 is 12.6. The highest BCUT2D eigenvalue weighted by Crippen LogP contribution is 2.33. The molecule has 1 fully saturated rings. The van der Waals surface area contributed by atoms with Crippen LogP contribution in [0.15, 0.2) is 54.9 Å². The van der Waals surface area contributed by atoms with E-state index >= 15 is 0 Å². The van der Waals surface area contributed by atoms with Crippen LogP contribution in [-0.2, 0) is 11.2 Å². The number of rotatable bonds is 8.